The van der Waals surface area contributed by atoms with Gasteiger partial charge in [0.05, 0.1) is 64.9 Å². The number of alkyl halides is 2. The van der Waals surface area contributed by atoms with Crippen LogP contribution in [-0.2, 0) is 14.2 Å². The van der Waals surface area contributed by atoms with Gasteiger partial charge in [-0.15, -0.1) is 0 Å². The van der Waals surface area contributed by atoms with Crippen LogP contribution in [0.2, 0.25) is 0 Å². The highest BCUT2D eigenvalue weighted by Crippen LogP contribution is 2.45. The number of hydrogen-bond donors (Lipinski definition) is 3. The third-order valence-electron chi connectivity index (χ3n) is 11.6. The smallest absolute Gasteiger partial charge is 0.265 e. The lowest BCUT2D eigenvalue weighted by Gasteiger charge is -2.35. The van der Waals surface area contributed by atoms with Crippen LogP contribution in [0.5, 0.6) is 0 Å². The summed E-state index contributed by atoms with van der Waals surface area (Å²) in [5, 5.41) is 48.0. The Morgan fingerprint density at radius 1 is 0.587 bits per heavy atom. The van der Waals surface area contributed by atoms with Gasteiger partial charge in [0.2, 0.25) is 0 Å². The molecule has 0 unspecified atom stereocenters. The average molecular weight is 867 g/mol. The second-order valence-corrected chi connectivity index (χ2v) is 18.6. The molecule has 0 aromatic carbocycles. The SMILES string of the molecule is [C-]#[N+]/C(C#N)=C1/CC(C)(C)CC(NCCOCCN(CCOCCNC2=C(C)/C(=C(/C#N)[N+]#[C-])CC(C)(C)C2)CCOCCNC2=C(C(F)F)C(=C(C#N)C#N)CC(C)(C)C2)=C1C. The molecule has 63 heavy (non-hydrogen) atoms. The number of nitrogens with zero attached hydrogens (tertiary/aromatic N) is 7. The lowest BCUT2D eigenvalue weighted by Crippen LogP contribution is -2.36. The predicted molar refractivity (Wildman–Crippen MR) is 237 cm³/mol. The molecule has 15 heteroatoms. The van der Waals surface area contributed by atoms with E-state index in [1.165, 1.54) is 0 Å². The van der Waals surface area contributed by atoms with Crippen LogP contribution in [0.3, 0.4) is 0 Å². The molecule has 0 radical (unpaired) electrons. The van der Waals surface area contributed by atoms with Crippen molar-refractivity contribution in [2.24, 2.45) is 16.2 Å². The maximum atomic E-state index is 14.3. The molecule has 0 saturated heterocycles. The van der Waals surface area contributed by atoms with E-state index in [-0.39, 0.29) is 58.5 Å². The molecule has 0 bridgehead atoms. The molecule has 0 spiro atoms. The Labute approximate surface area is 374 Å². The number of ether oxygens (including phenoxy) is 3. The summed E-state index contributed by atoms with van der Waals surface area (Å²) in [6.45, 7) is 36.8. The van der Waals surface area contributed by atoms with Crippen LogP contribution in [0.15, 0.2) is 67.5 Å². The summed E-state index contributed by atoms with van der Waals surface area (Å²) >= 11 is 0. The van der Waals surface area contributed by atoms with E-state index in [4.69, 9.17) is 27.4 Å². The number of rotatable bonds is 22. The van der Waals surface area contributed by atoms with Crippen molar-refractivity contribution in [1.82, 2.24) is 20.9 Å². The van der Waals surface area contributed by atoms with Gasteiger partial charge in [-0.2, -0.15) is 10.5 Å². The van der Waals surface area contributed by atoms with Gasteiger partial charge in [-0.3, -0.25) is 4.90 Å². The molecule has 0 heterocycles. The fraction of sp³-hybridized carbons (Fsp3) is 0.625. The van der Waals surface area contributed by atoms with Crippen molar-refractivity contribution in [1.29, 1.82) is 21.0 Å². The minimum absolute atomic E-state index is 0.0909. The number of nitrogens with one attached hydrogen (secondary N) is 3. The van der Waals surface area contributed by atoms with Crippen LogP contribution in [0.25, 0.3) is 9.69 Å². The van der Waals surface area contributed by atoms with Crippen molar-refractivity contribution in [2.45, 2.75) is 100 Å². The maximum Gasteiger partial charge on any atom is 0.265 e. The monoisotopic (exact) mass is 867 g/mol. The molecule has 0 amide bonds. The quantitative estimate of drug-likeness (QED) is 0.0543. The molecule has 0 aromatic heterocycles. The summed E-state index contributed by atoms with van der Waals surface area (Å²) in [7, 11) is 0. The lowest BCUT2D eigenvalue weighted by molar-refractivity contribution is 0.0548. The summed E-state index contributed by atoms with van der Waals surface area (Å²) in [5.41, 5.74) is 5.10. The number of allylic oxidation sites excluding steroid dienone is 12. The Morgan fingerprint density at radius 2 is 0.937 bits per heavy atom. The van der Waals surface area contributed by atoms with E-state index in [0.29, 0.717) is 90.7 Å². The molecule has 3 rings (SSSR count). The Balaban J connectivity index is 1.58. The largest absolute Gasteiger partial charge is 0.386 e. The van der Waals surface area contributed by atoms with Gasteiger partial charge in [0.1, 0.15) is 17.7 Å². The Morgan fingerprint density at radius 3 is 1.27 bits per heavy atom. The summed E-state index contributed by atoms with van der Waals surface area (Å²) < 4.78 is 46.6. The lowest BCUT2D eigenvalue weighted by atomic mass is 9.72. The van der Waals surface area contributed by atoms with Gasteiger partial charge in [0, 0.05) is 61.9 Å². The van der Waals surface area contributed by atoms with Crippen LogP contribution in [0, 0.1) is 74.7 Å². The summed E-state index contributed by atoms with van der Waals surface area (Å²) in [4.78, 5) is 9.10. The molecule has 3 aliphatic carbocycles. The Bertz CT molecular complexity index is 1970. The molecule has 3 aliphatic rings. The van der Waals surface area contributed by atoms with Gasteiger partial charge in [-0.05, 0) is 96.5 Å². The Kier molecular flexibility index (Phi) is 20.0. The molecule has 0 saturated carbocycles. The molecule has 3 N–H and O–H groups in total. The number of nitriles is 4. The third-order valence-corrected chi connectivity index (χ3v) is 11.6. The highest BCUT2D eigenvalue weighted by molar-refractivity contribution is 5.53. The van der Waals surface area contributed by atoms with Crippen LogP contribution in [0.1, 0.15) is 93.9 Å². The van der Waals surface area contributed by atoms with Crippen molar-refractivity contribution in [3.05, 3.63) is 90.3 Å². The first-order valence-corrected chi connectivity index (χ1v) is 21.5. The molecule has 0 fully saturated rings. The van der Waals surface area contributed by atoms with E-state index >= 15 is 0 Å². The van der Waals surface area contributed by atoms with Crippen molar-refractivity contribution in [3.8, 4) is 24.3 Å². The normalized spacial score (nSPS) is 19.6. The molecule has 13 nitrogen and oxygen atoms in total. The van der Waals surface area contributed by atoms with Gasteiger partial charge in [0.15, 0.2) is 0 Å². The highest BCUT2D eigenvalue weighted by Gasteiger charge is 2.36. The van der Waals surface area contributed by atoms with E-state index in [0.717, 1.165) is 46.5 Å². The van der Waals surface area contributed by atoms with Crippen LogP contribution < -0.4 is 16.0 Å². The van der Waals surface area contributed by atoms with Gasteiger partial charge in [-0.1, -0.05) is 41.5 Å². The number of hydrogen-bond acceptors (Lipinski definition) is 11. The second-order valence-electron chi connectivity index (χ2n) is 18.6. The van der Waals surface area contributed by atoms with Crippen LogP contribution >= 0.6 is 0 Å². The first kappa shape index (κ1) is 51.8. The predicted octanol–water partition coefficient (Wildman–Crippen LogP) is 8.37. The van der Waals surface area contributed by atoms with Gasteiger partial charge >= 0.3 is 0 Å². The van der Waals surface area contributed by atoms with E-state index in [2.05, 4.69) is 70.4 Å². The van der Waals surface area contributed by atoms with Crippen LogP contribution in [-0.4, -0.2) is 90.2 Å². The van der Waals surface area contributed by atoms with Gasteiger partial charge in [-0.25, -0.2) is 29.0 Å². The maximum absolute atomic E-state index is 14.3. The molecule has 338 valence electrons. The standard InChI is InChI=1S/C48H64F2N10O3/c1-33-36(42(31-53)55-9)23-46(3,4)26-39(33)57-11-17-61-20-14-60(15-21-62-18-12-58-40-27-47(5,6)24-37(34(40)2)43(32-54)56-10)16-22-63-19-13-59-41-28-48(7,8)25-38(35(29-51)30-52)44(41)45(49)50/h45,57-59H,11-28H2,1-8H3/b42-36-,43-37-. The van der Waals surface area contributed by atoms with Gasteiger partial charge in [0.25, 0.3) is 17.8 Å². The summed E-state index contributed by atoms with van der Waals surface area (Å²) in [6.07, 6.45) is 0.693. The topological polar surface area (TPSA) is 171 Å². The fourth-order valence-electron chi connectivity index (χ4n) is 8.41. The number of halogens is 2. The average Bonchev–Trinajstić information content (AvgIpc) is 3.21. The first-order valence-electron chi connectivity index (χ1n) is 21.5. The van der Waals surface area contributed by atoms with E-state index in [1.807, 2.05) is 27.7 Å². The third kappa shape index (κ3) is 15.7. The van der Waals surface area contributed by atoms with E-state index < -0.39 is 11.8 Å². The fourth-order valence-corrected chi connectivity index (χ4v) is 8.41. The minimum Gasteiger partial charge on any atom is -0.386 e. The van der Waals surface area contributed by atoms with Crippen molar-refractivity contribution >= 4 is 0 Å². The molecular weight excluding hydrogens is 803 g/mol. The van der Waals surface area contributed by atoms with E-state index in [1.54, 1.807) is 12.1 Å². The van der Waals surface area contributed by atoms with Gasteiger partial charge < -0.3 is 30.2 Å². The van der Waals surface area contributed by atoms with Crippen LogP contribution in [0.4, 0.5) is 8.78 Å². The second kappa shape index (κ2) is 24.4. The summed E-state index contributed by atoms with van der Waals surface area (Å²) in [5.74, 6) is 0. The Hall–Kier alpha value is -5.52. The molecule has 0 aliphatic heterocycles. The summed E-state index contributed by atoms with van der Waals surface area (Å²) in [6, 6.07) is 7.69. The van der Waals surface area contributed by atoms with Crippen molar-refractivity contribution in [2.75, 3.05) is 78.9 Å². The molecule has 0 aromatic rings. The zero-order valence-electron chi connectivity index (χ0n) is 38.4. The molecule has 0 atom stereocenters. The first-order chi connectivity index (χ1) is 29.9. The molecular formula is C48H64F2N10O3. The van der Waals surface area contributed by atoms with E-state index in [9.17, 15) is 29.8 Å². The minimum atomic E-state index is -2.84. The van der Waals surface area contributed by atoms with Crippen molar-refractivity contribution < 1.29 is 23.0 Å². The zero-order chi connectivity index (χ0) is 46.8. The zero-order valence-corrected chi connectivity index (χ0v) is 38.4. The van der Waals surface area contributed by atoms with Crippen molar-refractivity contribution in [3.63, 3.8) is 0 Å². The highest BCUT2D eigenvalue weighted by atomic mass is 19.3.